The molecular weight excluding hydrogens is 266 g/mol. The highest BCUT2D eigenvalue weighted by Gasteiger charge is 2.16. The molecule has 5 nitrogen and oxygen atoms in total. The molecule has 5 heteroatoms. The smallest absolute Gasteiger partial charge is 0.165 e. The Morgan fingerprint density at radius 3 is 2.24 bits per heavy atom. The van der Waals surface area contributed by atoms with Crippen molar-refractivity contribution in [3.05, 3.63) is 46.9 Å². The minimum absolute atomic E-state index is 0.106. The van der Waals surface area contributed by atoms with Crippen LogP contribution in [0.3, 0.4) is 0 Å². The molecule has 0 amide bonds. The SMILES string of the molecule is CC(C)(C)c1ccc(-c2ccc(N=O)c3nonc23)cc1. The summed E-state index contributed by atoms with van der Waals surface area (Å²) in [6.07, 6.45) is 0. The van der Waals surface area contributed by atoms with Gasteiger partial charge >= 0.3 is 0 Å². The van der Waals surface area contributed by atoms with Gasteiger partial charge in [-0.25, -0.2) is 4.63 Å². The van der Waals surface area contributed by atoms with Crippen LogP contribution in [0.15, 0.2) is 46.2 Å². The average Bonchev–Trinajstić information content (AvgIpc) is 2.95. The highest BCUT2D eigenvalue weighted by Crippen LogP contribution is 2.33. The number of nitrogens with zero attached hydrogens (tertiary/aromatic N) is 3. The molecule has 3 rings (SSSR count). The Morgan fingerprint density at radius 1 is 0.952 bits per heavy atom. The summed E-state index contributed by atoms with van der Waals surface area (Å²) in [5, 5.41) is 10.6. The third-order valence-electron chi connectivity index (χ3n) is 3.55. The minimum Gasteiger partial charge on any atom is -0.243 e. The molecule has 0 spiro atoms. The van der Waals surface area contributed by atoms with Crippen molar-refractivity contribution in [2.24, 2.45) is 5.18 Å². The Bertz CT molecular complexity index is 798. The van der Waals surface area contributed by atoms with Crippen LogP contribution in [0, 0.1) is 4.91 Å². The second-order valence-electron chi connectivity index (χ2n) is 6.01. The zero-order valence-electron chi connectivity index (χ0n) is 12.1. The fraction of sp³-hybridized carbons (Fsp3) is 0.250. The number of benzene rings is 2. The zero-order chi connectivity index (χ0) is 15.0. The summed E-state index contributed by atoms with van der Waals surface area (Å²) >= 11 is 0. The van der Waals surface area contributed by atoms with Crippen molar-refractivity contribution in [1.82, 2.24) is 10.3 Å². The monoisotopic (exact) mass is 281 g/mol. The fourth-order valence-corrected chi connectivity index (χ4v) is 2.31. The maximum atomic E-state index is 10.8. The second kappa shape index (κ2) is 4.77. The van der Waals surface area contributed by atoms with Crippen molar-refractivity contribution in [3.8, 4) is 11.1 Å². The van der Waals surface area contributed by atoms with E-state index in [1.807, 2.05) is 18.2 Å². The molecule has 3 aromatic rings. The van der Waals surface area contributed by atoms with Crippen molar-refractivity contribution >= 4 is 16.7 Å². The topological polar surface area (TPSA) is 68.3 Å². The molecule has 0 atom stereocenters. The van der Waals surface area contributed by atoms with Crippen molar-refractivity contribution in [2.45, 2.75) is 26.2 Å². The summed E-state index contributed by atoms with van der Waals surface area (Å²) in [6.45, 7) is 6.52. The maximum absolute atomic E-state index is 10.8. The molecule has 0 aliphatic carbocycles. The van der Waals surface area contributed by atoms with Crippen LogP contribution in [0.25, 0.3) is 22.2 Å². The van der Waals surface area contributed by atoms with Crippen LogP contribution >= 0.6 is 0 Å². The lowest BCUT2D eigenvalue weighted by Gasteiger charge is -2.19. The molecule has 2 aromatic carbocycles. The van der Waals surface area contributed by atoms with E-state index in [-0.39, 0.29) is 11.1 Å². The number of rotatable bonds is 2. The molecule has 1 heterocycles. The number of fused-ring (bicyclic) bond motifs is 1. The minimum atomic E-state index is 0.106. The van der Waals surface area contributed by atoms with Gasteiger partial charge in [0.05, 0.1) is 0 Å². The Hall–Kier alpha value is -2.56. The Labute approximate surface area is 121 Å². The first-order valence-corrected chi connectivity index (χ1v) is 6.70. The lowest BCUT2D eigenvalue weighted by atomic mass is 9.86. The molecular formula is C16H15N3O2. The van der Waals surface area contributed by atoms with Crippen LogP contribution in [0.5, 0.6) is 0 Å². The maximum Gasteiger partial charge on any atom is 0.165 e. The van der Waals surface area contributed by atoms with Gasteiger partial charge in [0, 0.05) is 5.56 Å². The molecule has 0 saturated heterocycles. The standard InChI is InChI=1S/C16H15N3O2/c1-16(2,3)11-6-4-10(5-7-11)12-8-9-13(17-20)15-14(12)18-21-19-15/h4-9H,1-3H3. The molecule has 0 aliphatic heterocycles. The first kappa shape index (κ1) is 13.4. The Balaban J connectivity index is 2.13. The summed E-state index contributed by atoms with van der Waals surface area (Å²) in [5.41, 5.74) is 4.42. The predicted molar refractivity (Wildman–Crippen MR) is 81.4 cm³/mol. The van der Waals surface area contributed by atoms with Crippen LogP contribution in [0.2, 0.25) is 0 Å². The van der Waals surface area contributed by atoms with Crippen LogP contribution < -0.4 is 0 Å². The van der Waals surface area contributed by atoms with Crippen LogP contribution in [-0.4, -0.2) is 10.3 Å². The molecule has 0 N–H and O–H groups in total. The van der Waals surface area contributed by atoms with E-state index in [2.05, 4.69) is 48.4 Å². The average molecular weight is 281 g/mol. The van der Waals surface area contributed by atoms with Crippen LogP contribution in [0.4, 0.5) is 5.69 Å². The van der Waals surface area contributed by atoms with E-state index >= 15 is 0 Å². The quantitative estimate of drug-likeness (QED) is 0.644. The molecule has 0 radical (unpaired) electrons. The van der Waals surface area contributed by atoms with E-state index in [4.69, 9.17) is 4.63 Å². The van der Waals surface area contributed by atoms with Gasteiger partial charge in [-0.1, -0.05) is 45.0 Å². The Morgan fingerprint density at radius 2 is 1.62 bits per heavy atom. The normalized spacial score (nSPS) is 11.8. The first-order chi connectivity index (χ1) is 10.0. The van der Waals surface area contributed by atoms with Gasteiger partial charge in [-0.2, -0.15) is 0 Å². The van der Waals surface area contributed by atoms with Crippen molar-refractivity contribution < 1.29 is 4.63 Å². The van der Waals surface area contributed by atoms with Gasteiger partial charge in [-0.3, -0.25) is 0 Å². The third-order valence-corrected chi connectivity index (χ3v) is 3.55. The van der Waals surface area contributed by atoms with Gasteiger partial charge in [-0.05, 0) is 44.2 Å². The number of aromatic nitrogens is 2. The summed E-state index contributed by atoms with van der Waals surface area (Å²) in [5.74, 6) is 0. The first-order valence-electron chi connectivity index (χ1n) is 6.70. The summed E-state index contributed by atoms with van der Waals surface area (Å²) < 4.78 is 4.75. The van der Waals surface area contributed by atoms with E-state index in [1.165, 1.54) is 5.56 Å². The molecule has 106 valence electrons. The van der Waals surface area contributed by atoms with E-state index in [9.17, 15) is 4.91 Å². The van der Waals surface area contributed by atoms with Crippen molar-refractivity contribution in [1.29, 1.82) is 0 Å². The molecule has 0 unspecified atom stereocenters. The third kappa shape index (κ3) is 2.31. The molecule has 21 heavy (non-hydrogen) atoms. The van der Waals surface area contributed by atoms with Gasteiger partial charge in [0.1, 0.15) is 11.2 Å². The lowest BCUT2D eigenvalue weighted by Crippen LogP contribution is -2.10. The zero-order valence-corrected chi connectivity index (χ0v) is 12.1. The van der Waals surface area contributed by atoms with Crippen LogP contribution in [-0.2, 0) is 5.41 Å². The predicted octanol–water partition coefficient (Wildman–Crippen LogP) is 4.59. The summed E-state index contributed by atoms with van der Waals surface area (Å²) in [6, 6.07) is 11.7. The molecule has 0 aliphatic rings. The number of hydrogen-bond acceptors (Lipinski definition) is 5. The molecule has 1 aromatic heterocycles. The largest absolute Gasteiger partial charge is 0.243 e. The van der Waals surface area contributed by atoms with Gasteiger partial charge in [-0.15, -0.1) is 4.91 Å². The van der Waals surface area contributed by atoms with E-state index in [0.717, 1.165) is 11.1 Å². The van der Waals surface area contributed by atoms with Gasteiger partial charge < -0.3 is 0 Å². The van der Waals surface area contributed by atoms with E-state index < -0.39 is 0 Å². The molecule has 0 fully saturated rings. The van der Waals surface area contributed by atoms with E-state index in [0.29, 0.717) is 11.0 Å². The lowest BCUT2D eigenvalue weighted by molar-refractivity contribution is 0.315. The van der Waals surface area contributed by atoms with Gasteiger partial charge in [0.15, 0.2) is 5.52 Å². The summed E-state index contributed by atoms with van der Waals surface area (Å²) in [4.78, 5) is 10.8. The Kier molecular flexibility index (Phi) is 3.05. The van der Waals surface area contributed by atoms with E-state index in [1.54, 1.807) is 6.07 Å². The van der Waals surface area contributed by atoms with Crippen LogP contribution in [0.1, 0.15) is 26.3 Å². The van der Waals surface area contributed by atoms with Crippen molar-refractivity contribution in [3.63, 3.8) is 0 Å². The fourth-order valence-electron chi connectivity index (χ4n) is 2.31. The molecule has 0 saturated carbocycles. The van der Waals surface area contributed by atoms with Gasteiger partial charge in [0.25, 0.3) is 0 Å². The highest BCUT2D eigenvalue weighted by molar-refractivity contribution is 5.97. The second-order valence-corrected chi connectivity index (χ2v) is 6.01. The summed E-state index contributed by atoms with van der Waals surface area (Å²) in [7, 11) is 0. The number of nitroso groups, excluding NO2 is 1. The molecule has 0 bridgehead atoms. The van der Waals surface area contributed by atoms with Crippen molar-refractivity contribution in [2.75, 3.05) is 0 Å². The van der Waals surface area contributed by atoms with Gasteiger partial charge in [0.2, 0.25) is 0 Å². The highest BCUT2D eigenvalue weighted by atomic mass is 16.6. The number of hydrogen-bond donors (Lipinski definition) is 0.